The molecule has 0 aromatic heterocycles. The van der Waals surface area contributed by atoms with Crippen LogP contribution in [0, 0.1) is 11.7 Å². The highest BCUT2D eigenvalue weighted by molar-refractivity contribution is 5.81. The second-order valence-corrected chi connectivity index (χ2v) is 5.10. The first-order valence-electron chi connectivity index (χ1n) is 6.29. The normalized spacial score (nSPS) is 19.1. The first-order valence-corrected chi connectivity index (χ1v) is 6.29. The van der Waals surface area contributed by atoms with Gasteiger partial charge in [0.2, 0.25) is 5.91 Å². The van der Waals surface area contributed by atoms with Gasteiger partial charge in [-0.2, -0.15) is 0 Å². The minimum Gasteiger partial charge on any atom is -0.335 e. The van der Waals surface area contributed by atoms with Gasteiger partial charge in [0, 0.05) is 18.5 Å². The molecule has 0 heterocycles. The summed E-state index contributed by atoms with van der Waals surface area (Å²) in [5.41, 5.74) is 1.02. The fraction of sp³-hybridized carbons (Fsp3) is 0.500. The molecule has 2 fully saturated rings. The van der Waals surface area contributed by atoms with Gasteiger partial charge in [-0.1, -0.05) is 12.1 Å². The van der Waals surface area contributed by atoms with E-state index < -0.39 is 0 Å². The van der Waals surface area contributed by atoms with Crippen molar-refractivity contribution in [3.8, 4) is 0 Å². The molecule has 0 aliphatic heterocycles. The van der Waals surface area contributed by atoms with Crippen LogP contribution in [0.15, 0.2) is 24.3 Å². The Morgan fingerprint density at radius 3 is 2.35 bits per heavy atom. The second kappa shape index (κ2) is 4.13. The minimum atomic E-state index is -0.222. The molecule has 3 rings (SSSR count). The van der Waals surface area contributed by atoms with E-state index in [0.717, 1.165) is 31.2 Å². The fourth-order valence-corrected chi connectivity index (χ4v) is 2.12. The summed E-state index contributed by atoms with van der Waals surface area (Å²) < 4.78 is 12.8. The van der Waals surface area contributed by atoms with Crippen LogP contribution >= 0.6 is 0 Å². The van der Waals surface area contributed by atoms with Crippen molar-refractivity contribution in [3.63, 3.8) is 0 Å². The van der Waals surface area contributed by atoms with Crippen molar-refractivity contribution in [2.45, 2.75) is 38.3 Å². The molecule has 0 atom stereocenters. The van der Waals surface area contributed by atoms with Crippen LogP contribution in [-0.4, -0.2) is 16.8 Å². The molecule has 0 saturated heterocycles. The van der Waals surface area contributed by atoms with Crippen LogP contribution in [0.25, 0.3) is 0 Å². The average Bonchev–Trinajstić information content (AvgIpc) is 3.18. The Labute approximate surface area is 100 Å². The summed E-state index contributed by atoms with van der Waals surface area (Å²) in [6, 6.07) is 6.90. The number of hydrogen-bond donors (Lipinski definition) is 0. The molecule has 0 radical (unpaired) electrons. The molecule has 1 aromatic carbocycles. The number of amides is 1. The van der Waals surface area contributed by atoms with Crippen LogP contribution in [0.1, 0.15) is 31.2 Å². The fourth-order valence-electron chi connectivity index (χ4n) is 2.12. The van der Waals surface area contributed by atoms with E-state index in [1.54, 1.807) is 12.1 Å². The molecule has 0 N–H and O–H groups in total. The van der Waals surface area contributed by atoms with E-state index >= 15 is 0 Å². The van der Waals surface area contributed by atoms with Crippen LogP contribution in [0.3, 0.4) is 0 Å². The number of carbonyl (C=O) groups is 1. The highest BCUT2D eigenvalue weighted by Crippen LogP contribution is 2.36. The smallest absolute Gasteiger partial charge is 0.226 e. The van der Waals surface area contributed by atoms with E-state index in [2.05, 4.69) is 0 Å². The Kier molecular flexibility index (Phi) is 2.61. The number of carbonyl (C=O) groups excluding carboxylic acids is 1. The molecular weight excluding hydrogens is 217 g/mol. The molecule has 2 saturated carbocycles. The van der Waals surface area contributed by atoms with Crippen molar-refractivity contribution in [3.05, 3.63) is 35.6 Å². The summed E-state index contributed by atoms with van der Waals surface area (Å²) in [7, 11) is 0. The van der Waals surface area contributed by atoms with Crippen LogP contribution in [0.5, 0.6) is 0 Å². The summed E-state index contributed by atoms with van der Waals surface area (Å²) in [5.74, 6) is 0.355. The standard InChI is InChI=1S/C14H16FNO/c15-12-5-1-10(2-6-12)9-16(13-7-8-13)14(17)11-3-4-11/h1-2,5-6,11,13H,3-4,7-9H2. The van der Waals surface area contributed by atoms with Crippen LogP contribution in [0.2, 0.25) is 0 Å². The number of rotatable bonds is 4. The van der Waals surface area contributed by atoms with E-state index in [1.165, 1.54) is 12.1 Å². The molecule has 2 aliphatic carbocycles. The van der Waals surface area contributed by atoms with Gasteiger partial charge in [0.1, 0.15) is 5.82 Å². The van der Waals surface area contributed by atoms with Gasteiger partial charge in [-0.25, -0.2) is 4.39 Å². The monoisotopic (exact) mass is 233 g/mol. The Morgan fingerprint density at radius 1 is 1.18 bits per heavy atom. The maximum absolute atomic E-state index is 12.8. The molecule has 3 heteroatoms. The van der Waals surface area contributed by atoms with E-state index in [0.29, 0.717) is 18.5 Å². The van der Waals surface area contributed by atoms with E-state index in [1.807, 2.05) is 4.90 Å². The van der Waals surface area contributed by atoms with Crippen molar-refractivity contribution >= 4 is 5.91 Å². The first-order chi connectivity index (χ1) is 8.24. The van der Waals surface area contributed by atoms with Crippen molar-refractivity contribution in [1.82, 2.24) is 4.90 Å². The largest absolute Gasteiger partial charge is 0.335 e. The zero-order valence-corrected chi connectivity index (χ0v) is 9.73. The second-order valence-electron chi connectivity index (χ2n) is 5.10. The van der Waals surface area contributed by atoms with Gasteiger partial charge in [-0.15, -0.1) is 0 Å². The summed E-state index contributed by atoms with van der Waals surface area (Å²) >= 11 is 0. The van der Waals surface area contributed by atoms with Crippen LogP contribution in [0.4, 0.5) is 4.39 Å². The lowest BCUT2D eigenvalue weighted by molar-refractivity contribution is -0.133. The number of nitrogens with zero attached hydrogens (tertiary/aromatic N) is 1. The molecular formula is C14H16FNO. The van der Waals surface area contributed by atoms with Crippen molar-refractivity contribution in [2.24, 2.45) is 5.92 Å². The average molecular weight is 233 g/mol. The highest BCUT2D eigenvalue weighted by Gasteiger charge is 2.39. The molecule has 90 valence electrons. The van der Waals surface area contributed by atoms with Crippen molar-refractivity contribution in [2.75, 3.05) is 0 Å². The number of halogens is 1. The van der Waals surface area contributed by atoms with E-state index in [-0.39, 0.29) is 11.7 Å². The van der Waals surface area contributed by atoms with Crippen molar-refractivity contribution in [1.29, 1.82) is 0 Å². The van der Waals surface area contributed by atoms with Crippen molar-refractivity contribution < 1.29 is 9.18 Å². The van der Waals surface area contributed by atoms with Gasteiger partial charge in [0.05, 0.1) is 0 Å². The van der Waals surface area contributed by atoms with E-state index in [9.17, 15) is 9.18 Å². The maximum Gasteiger partial charge on any atom is 0.226 e. The topological polar surface area (TPSA) is 20.3 Å². The van der Waals surface area contributed by atoms with Gasteiger partial charge in [0.15, 0.2) is 0 Å². The summed E-state index contributed by atoms with van der Waals surface area (Å²) in [6.45, 7) is 0.639. The quantitative estimate of drug-likeness (QED) is 0.783. The zero-order valence-electron chi connectivity index (χ0n) is 9.73. The molecule has 1 amide bonds. The number of benzene rings is 1. The number of hydrogen-bond acceptors (Lipinski definition) is 1. The molecule has 2 nitrogen and oxygen atoms in total. The Bertz CT molecular complexity index is 420. The van der Waals surface area contributed by atoms with Crippen LogP contribution in [-0.2, 0) is 11.3 Å². The lowest BCUT2D eigenvalue weighted by Gasteiger charge is -2.22. The Hall–Kier alpha value is -1.38. The summed E-state index contributed by atoms with van der Waals surface area (Å²) in [4.78, 5) is 14.1. The lowest BCUT2D eigenvalue weighted by atomic mass is 10.2. The van der Waals surface area contributed by atoms with Crippen LogP contribution < -0.4 is 0 Å². The molecule has 0 spiro atoms. The Balaban J connectivity index is 1.71. The van der Waals surface area contributed by atoms with Gasteiger partial charge in [-0.05, 0) is 43.4 Å². The zero-order chi connectivity index (χ0) is 11.8. The predicted molar refractivity (Wildman–Crippen MR) is 62.7 cm³/mol. The third kappa shape index (κ3) is 2.48. The Morgan fingerprint density at radius 2 is 1.82 bits per heavy atom. The minimum absolute atomic E-state index is 0.222. The lowest BCUT2D eigenvalue weighted by Crippen LogP contribution is -2.33. The highest BCUT2D eigenvalue weighted by atomic mass is 19.1. The molecule has 17 heavy (non-hydrogen) atoms. The van der Waals surface area contributed by atoms with E-state index in [4.69, 9.17) is 0 Å². The molecule has 1 aromatic rings. The third-order valence-corrected chi connectivity index (χ3v) is 3.46. The van der Waals surface area contributed by atoms with Gasteiger partial charge < -0.3 is 4.90 Å². The molecule has 0 unspecified atom stereocenters. The van der Waals surface area contributed by atoms with Gasteiger partial charge in [-0.3, -0.25) is 4.79 Å². The summed E-state index contributed by atoms with van der Waals surface area (Å²) in [6.07, 6.45) is 4.34. The summed E-state index contributed by atoms with van der Waals surface area (Å²) in [5, 5.41) is 0. The third-order valence-electron chi connectivity index (χ3n) is 3.46. The van der Waals surface area contributed by atoms with Gasteiger partial charge >= 0.3 is 0 Å². The molecule has 0 bridgehead atoms. The molecule has 2 aliphatic rings. The first kappa shape index (κ1) is 10.8. The predicted octanol–water partition coefficient (Wildman–Crippen LogP) is 2.73. The maximum atomic E-state index is 12.8. The SMILES string of the molecule is O=C(C1CC1)N(Cc1ccc(F)cc1)C1CC1. The van der Waals surface area contributed by atoms with Gasteiger partial charge in [0.25, 0.3) is 0 Å².